The molecule has 1 fully saturated rings. The zero-order chi connectivity index (χ0) is 45.0. The van der Waals surface area contributed by atoms with Gasteiger partial charge in [-0.25, -0.2) is 4.57 Å². The lowest BCUT2D eigenvalue weighted by Gasteiger charge is -2.41. The molecule has 354 valence electrons. The number of allylic oxidation sites excluding steroid dienone is 8. The van der Waals surface area contributed by atoms with Crippen LogP contribution in [0.2, 0.25) is 0 Å². The summed E-state index contributed by atoms with van der Waals surface area (Å²) >= 11 is 0. The Morgan fingerprint density at radius 2 is 0.967 bits per heavy atom. The van der Waals surface area contributed by atoms with Crippen molar-refractivity contribution in [1.82, 2.24) is 0 Å². The smallest absolute Gasteiger partial charge is 0.462 e. The van der Waals surface area contributed by atoms with Crippen molar-refractivity contribution in [2.24, 2.45) is 0 Å². The highest BCUT2D eigenvalue weighted by Crippen LogP contribution is 2.47. The van der Waals surface area contributed by atoms with Crippen molar-refractivity contribution in [1.29, 1.82) is 0 Å². The van der Waals surface area contributed by atoms with E-state index in [1.165, 1.54) is 89.9 Å². The van der Waals surface area contributed by atoms with Crippen LogP contribution in [-0.4, -0.2) is 98.3 Å². The standard InChI is InChI=1S/C47H83O13P/c1-3-5-7-9-11-13-15-17-18-19-20-21-22-24-25-27-29-31-33-35-40(48)57-37-39(38-58-61(55,56)60-47-45(53)43(51)42(50)44(52)46(47)54)59-41(49)36-34-32-30-28-26-23-16-14-12-10-8-6-4-2/h11,13,15,17,23,26,30,32,39,42-47,50-54H,3-10,12,14,16,18-22,24-25,27-29,31,33-38H2,1-2H3,(H,55,56)/b13-11+,17-15+,26-23+,32-30+/t39?,42?,43-,44?,45?,46?,47?/m0/s1. The van der Waals surface area contributed by atoms with Gasteiger partial charge in [0.2, 0.25) is 0 Å². The van der Waals surface area contributed by atoms with E-state index in [9.17, 15) is 44.6 Å². The summed E-state index contributed by atoms with van der Waals surface area (Å²) in [5.41, 5.74) is 0. The highest BCUT2D eigenvalue weighted by molar-refractivity contribution is 7.47. The average molecular weight is 887 g/mol. The van der Waals surface area contributed by atoms with Crippen LogP contribution < -0.4 is 0 Å². The van der Waals surface area contributed by atoms with Crippen LogP contribution in [0.15, 0.2) is 48.6 Å². The molecule has 14 heteroatoms. The minimum absolute atomic E-state index is 0.0107. The predicted molar refractivity (Wildman–Crippen MR) is 239 cm³/mol. The molecule has 0 amide bonds. The number of aliphatic hydroxyl groups excluding tert-OH is 5. The predicted octanol–water partition coefficient (Wildman–Crippen LogP) is 9.17. The number of phosphoric acid groups is 1. The summed E-state index contributed by atoms with van der Waals surface area (Å²) in [6.45, 7) is 3.21. The molecule has 0 radical (unpaired) electrons. The first-order valence-corrected chi connectivity index (χ1v) is 25.0. The van der Waals surface area contributed by atoms with Crippen LogP contribution >= 0.6 is 7.82 Å². The third-order valence-corrected chi connectivity index (χ3v) is 11.7. The van der Waals surface area contributed by atoms with Gasteiger partial charge in [-0.05, 0) is 57.8 Å². The Morgan fingerprint density at radius 1 is 0.525 bits per heavy atom. The van der Waals surface area contributed by atoms with Crippen LogP contribution in [0.1, 0.15) is 181 Å². The number of hydrogen-bond acceptors (Lipinski definition) is 12. The Morgan fingerprint density at radius 3 is 1.52 bits per heavy atom. The van der Waals surface area contributed by atoms with Crippen LogP contribution in [0, 0.1) is 0 Å². The van der Waals surface area contributed by atoms with Gasteiger partial charge in [0.05, 0.1) is 6.61 Å². The molecule has 0 heterocycles. The Kier molecular flexibility index (Phi) is 34.7. The summed E-state index contributed by atoms with van der Waals surface area (Å²) in [4.78, 5) is 35.6. The van der Waals surface area contributed by atoms with E-state index in [1.807, 2.05) is 12.2 Å². The number of rotatable bonds is 38. The zero-order valence-corrected chi connectivity index (χ0v) is 38.3. The van der Waals surface area contributed by atoms with Gasteiger partial charge in [0.25, 0.3) is 0 Å². The van der Waals surface area contributed by atoms with Gasteiger partial charge in [0, 0.05) is 12.8 Å². The number of ether oxygens (including phenoxy) is 2. The van der Waals surface area contributed by atoms with Gasteiger partial charge >= 0.3 is 19.8 Å². The minimum Gasteiger partial charge on any atom is -0.462 e. The van der Waals surface area contributed by atoms with E-state index in [4.69, 9.17) is 18.5 Å². The summed E-state index contributed by atoms with van der Waals surface area (Å²) in [6, 6.07) is 0. The lowest BCUT2D eigenvalue weighted by atomic mass is 9.85. The summed E-state index contributed by atoms with van der Waals surface area (Å²) in [6.07, 6.45) is 30.4. The molecule has 0 saturated heterocycles. The third kappa shape index (κ3) is 29.7. The Balaban J connectivity index is 2.46. The molecular weight excluding hydrogens is 803 g/mol. The van der Waals surface area contributed by atoms with Crippen molar-refractivity contribution in [2.45, 2.75) is 224 Å². The SMILES string of the molecule is CCCCC/C=C/C=C/CCCCCCCCCCCCC(=O)OCC(COP(=O)(O)OC1C(O)C(O)C(O)[C@H](O)C1O)OC(=O)CC/C=C/C/C=C/CCCCCCCC. The van der Waals surface area contributed by atoms with Gasteiger partial charge in [0.1, 0.15) is 43.2 Å². The van der Waals surface area contributed by atoms with E-state index in [1.54, 1.807) is 0 Å². The Hall–Kier alpha value is -2.19. The summed E-state index contributed by atoms with van der Waals surface area (Å²) in [5, 5.41) is 50.1. The fraction of sp³-hybridized carbons (Fsp3) is 0.787. The molecule has 1 aliphatic rings. The van der Waals surface area contributed by atoms with Crippen LogP contribution in [-0.2, 0) is 32.7 Å². The number of phosphoric ester groups is 1. The fourth-order valence-corrected chi connectivity index (χ4v) is 7.83. The highest BCUT2D eigenvalue weighted by Gasteiger charge is 2.51. The molecule has 13 nitrogen and oxygen atoms in total. The van der Waals surface area contributed by atoms with E-state index >= 15 is 0 Å². The van der Waals surface area contributed by atoms with E-state index in [2.05, 4.69) is 50.3 Å². The molecule has 6 N–H and O–H groups in total. The third-order valence-electron chi connectivity index (χ3n) is 10.7. The topological polar surface area (TPSA) is 210 Å². The number of esters is 2. The second-order valence-corrected chi connectivity index (χ2v) is 17.7. The second kappa shape index (κ2) is 37.2. The molecule has 1 aliphatic carbocycles. The van der Waals surface area contributed by atoms with Gasteiger partial charge in [-0.1, -0.05) is 159 Å². The molecule has 0 aliphatic heterocycles. The first-order chi connectivity index (χ1) is 29.4. The van der Waals surface area contributed by atoms with E-state index in [-0.39, 0.29) is 12.8 Å². The maximum atomic E-state index is 12.8. The van der Waals surface area contributed by atoms with Crippen molar-refractivity contribution < 1.29 is 63.1 Å². The summed E-state index contributed by atoms with van der Waals surface area (Å²) < 4.78 is 33.4. The quantitative estimate of drug-likeness (QED) is 0.0112. The van der Waals surface area contributed by atoms with E-state index < -0.39 is 75.7 Å². The van der Waals surface area contributed by atoms with Crippen molar-refractivity contribution in [2.75, 3.05) is 13.2 Å². The molecule has 8 atom stereocenters. The monoisotopic (exact) mass is 887 g/mol. The Labute approximate surface area is 367 Å². The van der Waals surface area contributed by atoms with Crippen molar-refractivity contribution in [3.63, 3.8) is 0 Å². The van der Waals surface area contributed by atoms with Gasteiger partial charge in [-0.15, -0.1) is 0 Å². The number of carbonyl (C=O) groups is 2. The first kappa shape index (κ1) is 56.8. The van der Waals surface area contributed by atoms with Crippen LogP contribution in [0.25, 0.3) is 0 Å². The lowest BCUT2D eigenvalue weighted by Crippen LogP contribution is -2.64. The van der Waals surface area contributed by atoms with Crippen LogP contribution in [0.4, 0.5) is 0 Å². The molecule has 0 spiro atoms. The molecule has 7 unspecified atom stereocenters. The van der Waals surface area contributed by atoms with E-state index in [0.717, 1.165) is 51.4 Å². The number of unbranched alkanes of at least 4 members (excludes halogenated alkanes) is 19. The number of carbonyl (C=O) groups excluding carboxylic acids is 2. The zero-order valence-electron chi connectivity index (χ0n) is 37.4. The molecule has 0 aromatic carbocycles. The van der Waals surface area contributed by atoms with Crippen molar-refractivity contribution in [3.05, 3.63) is 48.6 Å². The normalized spacial score (nSPS) is 22.4. The molecule has 0 aromatic rings. The van der Waals surface area contributed by atoms with Gasteiger partial charge < -0.3 is 39.9 Å². The molecule has 0 bridgehead atoms. The number of hydrogen-bond donors (Lipinski definition) is 6. The molecule has 1 rings (SSSR count). The highest BCUT2D eigenvalue weighted by atomic mass is 31.2. The van der Waals surface area contributed by atoms with Gasteiger partial charge in [0.15, 0.2) is 6.10 Å². The first-order valence-electron chi connectivity index (χ1n) is 23.5. The van der Waals surface area contributed by atoms with Crippen molar-refractivity contribution in [3.8, 4) is 0 Å². The summed E-state index contributed by atoms with van der Waals surface area (Å²) in [7, 11) is -5.13. The molecular formula is C47H83O13P. The average Bonchev–Trinajstić information content (AvgIpc) is 3.24. The van der Waals surface area contributed by atoms with Gasteiger partial charge in [-0.3, -0.25) is 18.6 Å². The lowest BCUT2D eigenvalue weighted by molar-refractivity contribution is -0.220. The summed E-state index contributed by atoms with van der Waals surface area (Å²) in [5.74, 6) is -1.18. The maximum Gasteiger partial charge on any atom is 0.472 e. The molecule has 0 aromatic heterocycles. The van der Waals surface area contributed by atoms with Crippen LogP contribution in [0.3, 0.4) is 0 Å². The minimum atomic E-state index is -5.13. The fourth-order valence-electron chi connectivity index (χ4n) is 6.86. The molecule has 61 heavy (non-hydrogen) atoms. The molecule has 1 saturated carbocycles. The van der Waals surface area contributed by atoms with Gasteiger partial charge in [-0.2, -0.15) is 0 Å². The van der Waals surface area contributed by atoms with Crippen molar-refractivity contribution >= 4 is 19.8 Å². The van der Waals surface area contributed by atoms with E-state index in [0.29, 0.717) is 12.8 Å². The maximum absolute atomic E-state index is 12.8. The Bertz CT molecular complexity index is 1250. The van der Waals surface area contributed by atoms with Crippen LogP contribution in [0.5, 0.6) is 0 Å². The largest absolute Gasteiger partial charge is 0.472 e. The second-order valence-electron chi connectivity index (χ2n) is 16.3. The number of aliphatic hydroxyl groups is 5.